The first-order chi connectivity index (χ1) is 41.4. The van der Waals surface area contributed by atoms with Crippen LogP contribution in [0.25, 0.3) is 18.2 Å². The summed E-state index contributed by atoms with van der Waals surface area (Å²) in [6.45, 7) is 13.6. The van der Waals surface area contributed by atoms with Crippen LogP contribution < -0.4 is 26.0 Å². The van der Waals surface area contributed by atoms with Gasteiger partial charge in [-0.15, -0.1) is 10.2 Å². The predicted octanol–water partition coefficient (Wildman–Crippen LogP) is 10.3. The van der Waals surface area contributed by atoms with Gasteiger partial charge in [-0.2, -0.15) is 15.8 Å². The number of nitriles is 3. The van der Waals surface area contributed by atoms with Gasteiger partial charge in [-0.1, -0.05) is 102 Å². The van der Waals surface area contributed by atoms with Gasteiger partial charge in [0.25, 0.3) is 17.7 Å². The second-order valence-corrected chi connectivity index (χ2v) is 19.8. The van der Waals surface area contributed by atoms with Crippen molar-refractivity contribution >= 4 is 47.5 Å². The largest absolute Gasteiger partial charge is 0.494 e. The lowest BCUT2D eigenvalue weighted by Crippen LogP contribution is -2.29. The van der Waals surface area contributed by atoms with Crippen LogP contribution >= 0.6 is 0 Å². The number of rotatable bonds is 26. The molecule has 0 bridgehead atoms. The molecule has 6 aromatic rings. The van der Waals surface area contributed by atoms with E-state index in [9.17, 15) is 35.0 Å². The zero-order valence-electron chi connectivity index (χ0n) is 49.1. The summed E-state index contributed by atoms with van der Waals surface area (Å²) in [5.74, 6) is -0.614. The number of carbonyl (C=O) groups excluding carboxylic acids is 4. The van der Waals surface area contributed by atoms with Gasteiger partial charge in [0.1, 0.15) is 59.0 Å². The molecule has 20 heteroatoms. The van der Waals surface area contributed by atoms with Crippen LogP contribution in [0, 0.1) is 34.0 Å². The fraction of sp³-hybridized carbons (Fsp3) is 0.354. The molecular weight excluding hydrogens is 1070 g/mol. The number of hydrogen-bond acceptors (Lipinski definition) is 16. The Balaban J connectivity index is 0.000000234. The van der Waals surface area contributed by atoms with Gasteiger partial charge in [0.2, 0.25) is 5.91 Å². The van der Waals surface area contributed by atoms with Crippen molar-refractivity contribution in [3.05, 3.63) is 179 Å². The summed E-state index contributed by atoms with van der Waals surface area (Å²) >= 11 is 0. The van der Waals surface area contributed by atoms with Gasteiger partial charge in [0.05, 0.1) is 48.5 Å². The van der Waals surface area contributed by atoms with E-state index in [-0.39, 0.29) is 34.7 Å². The predicted molar refractivity (Wildman–Crippen MR) is 325 cm³/mol. The van der Waals surface area contributed by atoms with E-state index in [0.29, 0.717) is 35.8 Å². The first kappa shape index (κ1) is 66.0. The third-order valence-electron chi connectivity index (χ3n) is 13.3. The van der Waals surface area contributed by atoms with E-state index in [0.717, 1.165) is 74.2 Å². The number of nitrogens with one attached hydrogen (secondary N) is 4. The third-order valence-corrected chi connectivity index (χ3v) is 13.3. The topological polar surface area (TPSA) is 290 Å². The average molecular weight is 1150 g/mol. The number of aromatic nitrogens is 7. The van der Waals surface area contributed by atoms with E-state index in [1.807, 2.05) is 79.7 Å². The molecule has 1 saturated heterocycles. The number of likely N-dealkylation sites (tertiary alicyclic amines) is 1. The maximum atomic E-state index is 12.6. The number of para-hydroxylation sites is 1. The van der Waals surface area contributed by atoms with E-state index >= 15 is 0 Å². The Hall–Kier alpha value is -9.84. The molecule has 0 spiro atoms. The monoisotopic (exact) mass is 1150 g/mol. The molecule has 440 valence electrons. The summed E-state index contributed by atoms with van der Waals surface area (Å²) in [4.78, 5) is 72.1. The molecule has 7 rings (SSSR count). The van der Waals surface area contributed by atoms with Crippen LogP contribution in [-0.4, -0.2) is 89.9 Å². The van der Waals surface area contributed by atoms with Crippen molar-refractivity contribution < 1.29 is 23.9 Å². The van der Waals surface area contributed by atoms with Crippen molar-refractivity contribution in [1.29, 1.82) is 15.8 Å². The lowest BCUT2D eigenvalue weighted by molar-refractivity contribution is -0.118. The van der Waals surface area contributed by atoms with Crippen LogP contribution in [0.4, 0.5) is 5.69 Å². The fourth-order valence-electron chi connectivity index (χ4n) is 8.87. The number of anilines is 1. The molecule has 4 amide bonds. The lowest BCUT2D eigenvalue weighted by atomic mass is 9.99. The summed E-state index contributed by atoms with van der Waals surface area (Å²) < 4.78 is 5.60. The standard InChI is InChI=1S/C22H25N7O2.C22H26N4O.C21H24N4O2/c1-16(26-22(31)17(13-23)12-18-14-24-15-25-28-18)19-6-2-3-7-20(19)27-21(30)8-11-29-9-4-5-10-29;1-3-5-6-8-17-9-7-10-18(13-17)21(4-2)26-22(27)19(15-23)14-20-16-24-11-12-25-20;1-3-5-20(16-6-8-19(9-7-16)27-12-4-2)25-21(26)17(14-22)13-18-10-11-23-15-24-18/h2-3,6-7,12,14-16H,4-5,8-11H2,1H3,(H,26,31)(H,27,30);7,9-14,16,21H,3-6,8H2,1-2H3,(H,26,27);6-11,13,15,20H,3-5,12H2,1-2H3,(H,25,26)/b17-12+;19-14+;17-13+. The van der Waals surface area contributed by atoms with Gasteiger partial charge in [-0.25, -0.2) is 15.0 Å². The Kier molecular flexibility index (Phi) is 28.9. The quantitative estimate of drug-likeness (QED) is 0.0223. The fourth-order valence-corrected chi connectivity index (χ4v) is 8.87. The highest BCUT2D eigenvalue weighted by Gasteiger charge is 2.21. The Labute approximate surface area is 498 Å². The van der Waals surface area contributed by atoms with Gasteiger partial charge in [-0.05, 0) is 130 Å². The van der Waals surface area contributed by atoms with Crippen LogP contribution in [0.1, 0.15) is 156 Å². The molecule has 4 heterocycles. The molecule has 1 aliphatic rings. The maximum Gasteiger partial charge on any atom is 0.262 e. The van der Waals surface area contributed by atoms with Crippen LogP contribution in [0.2, 0.25) is 0 Å². The van der Waals surface area contributed by atoms with Crippen molar-refractivity contribution in [2.24, 2.45) is 0 Å². The number of unbranched alkanes of at least 4 members (excludes halogenated alkanes) is 2. The number of hydrogen-bond donors (Lipinski definition) is 4. The number of benzene rings is 3. The Morgan fingerprint density at radius 3 is 1.96 bits per heavy atom. The maximum absolute atomic E-state index is 12.6. The molecule has 20 nitrogen and oxygen atoms in total. The van der Waals surface area contributed by atoms with Crippen LogP contribution in [0.15, 0.2) is 139 Å². The number of nitrogens with zero attached hydrogens (tertiary/aromatic N) is 11. The molecule has 0 saturated carbocycles. The minimum Gasteiger partial charge on any atom is -0.494 e. The van der Waals surface area contributed by atoms with E-state index in [4.69, 9.17) is 4.74 Å². The smallest absolute Gasteiger partial charge is 0.262 e. The van der Waals surface area contributed by atoms with Crippen molar-refractivity contribution in [1.82, 2.24) is 56.0 Å². The molecule has 4 N–H and O–H groups in total. The van der Waals surface area contributed by atoms with Gasteiger partial charge < -0.3 is 30.9 Å². The van der Waals surface area contributed by atoms with E-state index < -0.39 is 23.8 Å². The Bertz CT molecular complexity index is 3280. The molecule has 0 aliphatic carbocycles. The number of aryl methyl sites for hydroxylation is 1. The van der Waals surface area contributed by atoms with Crippen molar-refractivity contribution in [2.75, 3.05) is 31.6 Å². The van der Waals surface area contributed by atoms with Crippen molar-refractivity contribution in [3.8, 4) is 24.0 Å². The normalized spacial score (nSPS) is 13.3. The second kappa shape index (κ2) is 37.3. The van der Waals surface area contributed by atoms with Crippen LogP contribution in [0.3, 0.4) is 0 Å². The number of ether oxygens (including phenoxy) is 1. The van der Waals surface area contributed by atoms with Crippen molar-refractivity contribution in [2.45, 2.75) is 123 Å². The van der Waals surface area contributed by atoms with Crippen LogP contribution in [-0.2, 0) is 25.6 Å². The zero-order chi connectivity index (χ0) is 61.0. The van der Waals surface area contributed by atoms with Gasteiger partial charge in [0.15, 0.2) is 0 Å². The molecular formula is C65H75N15O5. The molecule has 3 aromatic heterocycles. The first-order valence-electron chi connectivity index (χ1n) is 28.8. The Morgan fingerprint density at radius 1 is 0.659 bits per heavy atom. The van der Waals surface area contributed by atoms with Gasteiger partial charge in [0, 0.05) is 37.2 Å². The van der Waals surface area contributed by atoms with Crippen molar-refractivity contribution in [3.63, 3.8) is 0 Å². The van der Waals surface area contributed by atoms with E-state index in [1.54, 1.807) is 31.5 Å². The number of carbonyl (C=O) groups is 4. The third kappa shape index (κ3) is 23.1. The number of amides is 4. The highest BCUT2D eigenvalue weighted by molar-refractivity contribution is 6.03. The molecule has 1 fully saturated rings. The van der Waals surface area contributed by atoms with E-state index in [2.05, 4.69) is 94.2 Å². The minimum absolute atomic E-state index is 0.0118. The summed E-state index contributed by atoms with van der Waals surface area (Å²) in [5, 5.41) is 47.2. The zero-order valence-corrected chi connectivity index (χ0v) is 49.1. The highest BCUT2D eigenvalue weighted by Crippen LogP contribution is 2.25. The molecule has 85 heavy (non-hydrogen) atoms. The lowest BCUT2D eigenvalue weighted by Gasteiger charge is -2.19. The first-order valence-corrected chi connectivity index (χ1v) is 28.8. The highest BCUT2D eigenvalue weighted by atomic mass is 16.5. The summed E-state index contributed by atoms with van der Waals surface area (Å²) in [6.07, 6.45) is 25.2. The summed E-state index contributed by atoms with van der Waals surface area (Å²) in [6, 6.07) is 30.0. The molecule has 3 aromatic carbocycles. The van der Waals surface area contributed by atoms with Crippen LogP contribution in [0.5, 0.6) is 5.75 Å². The van der Waals surface area contributed by atoms with Gasteiger partial charge >= 0.3 is 0 Å². The molecule has 3 unspecified atom stereocenters. The average Bonchev–Trinajstić information content (AvgIpc) is 4.23. The Morgan fingerprint density at radius 2 is 1.34 bits per heavy atom. The van der Waals surface area contributed by atoms with Gasteiger partial charge in [-0.3, -0.25) is 29.1 Å². The SMILES string of the molecule is CC(NC(=O)/C(C#N)=C/c1cncnn1)c1ccccc1NC(=O)CCN1CCCC1.CCCCCc1cccc(C(CC)NC(=O)/C(C#N)=C/c2cnccn2)c1.CCCOc1ccc(C(CCC)NC(=O)/C(C#N)=C/c2ccncn2)cc1. The molecule has 1 aliphatic heterocycles. The molecule has 0 radical (unpaired) electrons. The van der Waals surface area contributed by atoms with E-state index in [1.165, 1.54) is 87.1 Å². The minimum atomic E-state index is -0.546. The summed E-state index contributed by atoms with van der Waals surface area (Å²) in [7, 11) is 0. The second-order valence-electron chi connectivity index (χ2n) is 19.8. The molecule has 3 atom stereocenters. The summed E-state index contributed by atoms with van der Waals surface area (Å²) in [5.41, 5.74) is 5.95.